The number of ether oxygens (including phenoxy) is 1. The Labute approximate surface area is 177 Å². The fourth-order valence-electron chi connectivity index (χ4n) is 4.12. The van der Waals surface area contributed by atoms with Gasteiger partial charge in [-0.3, -0.25) is 14.9 Å². The van der Waals surface area contributed by atoms with E-state index in [1.807, 2.05) is 0 Å². The van der Waals surface area contributed by atoms with Crippen molar-refractivity contribution in [3.63, 3.8) is 0 Å². The van der Waals surface area contributed by atoms with E-state index < -0.39 is 5.66 Å². The molecule has 156 valence electrons. The van der Waals surface area contributed by atoms with Crippen LogP contribution in [0.3, 0.4) is 0 Å². The van der Waals surface area contributed by atoms with Crippen LogP contribution < -0.4 is 10.1 Å². The zero-order valence-corrected chi connectivity index (χ0v) is 17.7. The number of carbonyl (C=O) groups excluding carboxylic acids is 2. The average molecular weight is 418 g/mol. The molecule has 0 aliphatic carbocycles. The Balaban J connectivity index is 1.58. The molecule has 1 N–H and O–H groups in total. The molecular weight excluding hydrogens is 390 g/mol. The van der Waals surface area contributed by atoms with Crippen LogP contribution in [0.4, 0.5) is 0 Å². The number of hydrogen-bond acceptors (Lipinski definition) is 4. The van der Waals surface area contributed by atoms with Gasteiger partial charge in [0.05, 0.1) is 18.2 Å². The maximum absolute atomic E-state index is 12.9. The molecule has 6 nitrogen and oxygen atoms in total. The molecule has 3 rings (SSSR count). The van der Waals surface area contributed by atoms with Gasteiger partial charge in [-0.15, -0.1) is 6.42 Å². The van der Waals surface area contributed by atoms with E-state index in [2.05, 4.69) is 25.1 Å². The van der Waals surface area contributed by atoms with Crippen molar-refractivity contribution in [1.82, 2.24) is 15.1 Å². The fraction of sp³-hybridized carbons (Fsp3) is 0.545. The Morgan fingerprint density at radius 2 is 2.00 bits per heavy atom. The number of rotatable bonds is 6. The number of benzene rings is 1. The third-order valence-corrected chi connectivity index (χ3v) is 5.85. The number of halogens is 1. The smallest absolute Gasteiger partial charge is 0.260 e. The summed E-state index contributed by atoms with van der Waals surface area (Å²) < 4.78 is 5.57. The Bertz CT molecular complexity index is 779. The first kappa shape index (κ1) is 21.5. The molecule has 2 aliphatic heterocycles. The van der Waals surface area contributed by atoms with Crippen molar-refractivity contribution in [2.24, 2.45) is 5.92 Å². The molecule has 1 aromatic rings. The topological polar surface area (TPSA) is 61.9 Å². The second-order valence-electron chi connectivity index (χ2n) is 8.11. The molecule has 2 amide bonds. The molecule has 1 aromatic carbocycles. The van der Waals surface area contributed by atoms with Crippen molar-refractivity contribution >= 4 is 23.4 Å². The van der Waals surface area contributed by atoms with Gasteiger partial charge in [0, 0.05) is 31.0 Å². The number of piperidine rings is 1. The van der Waals surface area contributed by atoms with Crippen LogP contribution in [0.5, 0.6) is 5.75 Å². The van der Waals surface area contributed by atoms with Gasteiger partial charge in [0.15, 0.2) is 6.61 Å². The third kappa shape index (κ3) is 4.85. The highest BCUT2D eigenvalue weighted by Crippen LogP contribution is 2.33. The Morgan fingerprint density at radius 3 is 2.59 bits per heavy atom. The zero-order chi connectivity index (χ0) is 21.0. The van der Waals surface area contributed by atoms with Crippen molar-refractivity contribution in [2.45, 2.75) is 44.8 Å². The van der Waals surface area contributed by atoms with Crippen LogP contribution in [-0.4, -0.2) is 59.6 Å². The van der Waals surface area contributed by atoms with Gasteiger partial charge in [-0.25, -0.2) is 0 Å². The third-order valence-electron chi connectivity index (χ3n) is 5.60. The lowest BCUT2D eigenvalue weighted by molar-refractivity contribution is -0.138. The Kier molecular flexibility index (Phi) is 6.71. The summed E-state index contributed by atoms with van der Waals surface area (Å²) in [4.78, 5) is 29.0. The van der Waals surface area contributed by atoms with Crippen molar-refractivity contribution < 1.29 is 14.3 Å². The van der Waals surface area contributed by atoms with E-state index in [0.717, 1.165) is 6.42 Å². The minimum atomic E-state index is -0.461. The van der Waals surface area contributed by atoms with E-state index in [-0.39, 0.29) is 31.0 Å². The van der Waals surface area contributed by atoms with E-state index in [4.69, 9.17) is 22.8 Å². The van der Waals surface area contributed by atoms with Crippen LogP contribution in [0.2, 0.25) is 5.02 Å². The summed E-state index contributed by atoms with van der Waals surface area (Å²) in [7, 11) is 0. The van der Waals surface area contributed by atoms with E-state index >= 15 is 0 Å². The molecule has 0 saturated carbocycles. The minimum absolute atomic E-state index is 0.0228. The lowest BCUT2D eigenvalue weighted by atomic mass is 9.95. The van der Waals surface area contributed by atoms with E-state index in [0.29, 0.717) is 42.6 Å². The second kappa shape index (κ2) is 9.06. The molecule has 1 spiro atoms. The molecule has 0 aromatic heterocycles. The lowest BCUT2D eigenvalue weighted by Gasteiger charge is -2.44. The van der Waals surface area contributed by atoms with Crippen LogP contribution in [0.15, 0.2) is 24.3 Å². The molecule has 29 heavy (non-hydrogen) atoms. The van der Waals surface area contributed by atoms with Gasteiger partial charge < -0.3 is 14.5 Å². The quantitative estimate of drug-likeness (QED) is 0.722. The number of nitrogens with zero attached hydrogens (tertiary/aromatic N) is 2. The van der Waals surface area contributed by atoms with Gasteiger partial charge in [-0.1, -0.05) is 31.4 Å². The number of nitrogens with one attached hydrogen (secondary N) is 1. The highest BCUT2D eigenvalue weighted by molar-refractivity contribution is 6.30. The predicted octanol–water partition coefficient (Wildman–Crippen LogP) is 2.52. The standard InChI is InChI=1S/C22H28ClN3O3/c1-4-11-26-21(28)19(14-16(2)3)24-22(26)9-12-25(13-10-22)20(27)15-29-18-7-5-17(23)6-8-18/h1,5-8,16,19,24H,9-15H2,2-3H3. The monoisotopic (exact) mass is 417 g/mol. The summed E-state index contributed by atoms with van der Waals surface area (Å²) >= 11 is 5.86. The number of terminal acetylenes is 1. The van der Waals surface area contributed by atoms with Crippen molar-refractivity contribution in [3.8, 4) is 18.1 Å². The predicted molar refractivity (Wildman–Crippen MR) is 112 cm³/mol. The summed E-state index contributed by atoms with van der Waals surface area (Å²) in [5, 5.41) is 4.17. The number of carbonyl (C=O) groups is 2. The Hall–Kier alpha value is -2.23. The van der Waals surface area contributed by atoms with Crippen LogP contribution >= 0.6 is 11.6 Å². The van der Waals surface area contributed by atoms with E-state index in [1.165, 1.54) is 0 Å². The lowest BCUT2D eigenvalue weighted by Crippen LogP contribution is -2.60. The molecule has 7 heteroatoms. The largest absolute Gasteiger partial charge is 0.484 e. The second-order valence-corrected chi connectivity index (χ2v) is 8.55. The Morgan fingerprint density at radius 1 is 1.34 bits per heavy atom. The summed E-state index contributed by atoms with van der Waals surface area (Å²) in [5.74, 6) is 3.64. The summed E-state index contributed by atoms with van der Waals surface area (Å²) in [5.41, 5.74) is -0.461. The number of hydrogen-bond donors (Lipinski definition) is 1. The molecule has 0 radical (unpaired) electrons. The maximum Gasteiger partial charge on any atom is 0.260 e. The molecule has 2 saturated heterocycles. The van der Waals surface area contributed by atoms with Gasteiger partial charge in [0.2, 0.25) is 5.91 Å². The molecule has 2 heterocycles. The molecule has 1 unspecified atom stereocenters. The van der Waals surface area contributed by atoms with Crippen molar-refractivity contribution in [2.75, 3.05) is 26.2 Å². The van der Waals surface area contributed by atoms with Crippen LogP contribution in [-0.2, 0) is 9.59 Å². The SMILES string of the molecule is C#CCN1C(=O)C(CC(C)C)NC12CCN(C(=O)COc1ccc(Cl)cc1)CC2. The minimum Gasteiger partial charge on any atom is -0.484 e. The zero-order valence-electron chi connectivity index (χ0n) is 17.0. The van der Waals surface area contributed by atoms with Crippen molar-refractivity contribution in [3.05, 3.63) is 29.3 Å². The van der Waals surface area contributed by atoms with Gasteiger partial charge in [0.1, 0.15) is 5.75 Å². The molecule has 2 fully saturated rings. The average Bonchev–Trinajstić information content (AvgIpc) is 2.93. The highest BCUT2D eigenvalue weighted by Gasteiger charge is 2.51. The fourth-order valence-corrected chi connectivity index (χ4v) is 4.25. The van der Waals surface area contributed by atoms with Crippen LogP contribution in [0.25, 0.3) is 0 Å². The normalized spacial score (nSPS) is 20.9. The maximum atomic E-state index is 12.9. The molecule has 1 atom stereocenters. The molecule has 0 bridgehead atoms. The molecular formula is C22H28ClN3O3. The number of likely N-dealkylation sites (tertiary alicyclic amines) is 1. The van der Waals surface area contributed by atoms with Gasteiger partial charge in [-0.05, 0) is 36.6 Å². The first-order chi connectivity index (χ1) is 13.8. The summed E-state index contributed by atoms with van der Waals surface area (Å²) in [6.45, 7) is 5.58. The van der Waals surface area contributed by atoms with Gasteiger partial charge >= 0.3 is 0 Å². The summed E-state index contributed by atoms with van der Waals surface area (Å²) in [6, 6.07) is 6.71. The molecule has 2 aliphatic rings. The van der Waals surface area contributed by atoms with Gasteiger partial charge in [-0.2, -0.15) is 0 Å². The van der Waals surface area contributed by atoms with Crippen molar-refractivity contribution in [1.29, 1.82) is 0 Å². The first-order valence-corrected chi connectivity index (χ1v) is 10.4. The highest BCUT2D eigenvalue weighted by atomic mass is 35.5. The van der Waals surface area contributed by atoms with E-state index in [9.17, 15) is 9.59 Å². The summed E-state index contributed by atoms with van der Waals surface area (Å²) in [6.07, 6.45) is 7.61. The first-order valence-electron chi connectivity index (χ1n) is 10.0. The van der Waals surface area contributed by atoms with Crippen LogP contribution in [0.1, 0.15) is 33.1 Å². The van der Waals surface area contributed by atoms with Gasteiger partial charge in [0.25, 0.3) is 5.91 Å². The van der Waals surface area contributed by atoms with Crippen LogP contribution in [0, 0.1) is 18.3 Å². The number of amides is 2. The van der Waals surface area contributed by atoms with E-state index in [1.54, 1.807) is 34.1 Å².